The van der Waals surface area contributed by atoms with E-state index in [-0.39, 0.29) is 17.3 Å². The lowest BCUT2D eigenvalue weighted by molar-refractivity contribution is -0.141. The zero-order chi connectivity index (χ0) is 21.5. The topological polar surface area (TPSA) is 95.9 Å². The van der Waals surface area contributed by atoms with Crippen LogP contribution in [0.15, 0.2) is 54.7 Å². The summed E-state index contributed by atoms with van der Waals surface area (Å²) in [5, 5.41) is 4.88. The van der Waals surface area contributed by atoms with Gasteiger partial charge >= 0.3 is 12.1 Å². The SMILES string of the molecule is COC(=O)c1cc(-c2ccc3cnn(-c4cccc(C(F)(F)F)n4)c3c2)cc(N)n1. The lowest BCUT2D eigenvalue weighted by Crippen LogP contribution is -2.10. The van der Waals surface area contributed by atoms with Gasteiger partial charge in [-0.3, -0.25) is 0 Å². The van der Waals surface area contributed by atoms with Crippen LogP contribution >= 0.6 is 0 Å². The number of benzene rings is 1. The molecule has 4 rings (SSSR count). The molecule has 4 aromatic rings. The number of aromatic nitrogens is 4. The molecule has 0 spiro atoms. The molecule has 30 heavy (non-hydrogen) atoms. The Labute approximate surface area is 167 Å². The van der Waals surface area contributed by atoms with Crippen LogP contribution in [0.25, 0.3) is 27.8 Å². The molecular weight excluding hydrogens is 399 g/mol. The second-order valence-corrected chi connectivity index (χ2v) is 6.37. The van der Waals surface area contributed by atoms with Gasteiger partial charge in [-0.1, -0.05) is 18.2 Å². The minimum atomic E-state index is -4.57. The third-order valence-electron chi connectivity index (χ3n) is 4.39. The van der Waals surface area contributed by atoms with Crippen LogP contribution < -0.4 is 5.73 Å². The normalized spacial score (nSPS) is 11.6. The smallest absolute Gasteiger partial charge is 0.433 e. The van der Waals surface area contributed by atoms with Gasteiger partial charge in [-0.15, -0.1) is 0 Å². The summed E-state index contributed by atoms with van der Waals surface area (Å²) >= 11 is 0. The Bertz CT molecular complexity index is 1270. The summed E-state index contributed by atoms with van der Waals surface area (Å²) in [7, 11) is 1.24. The van der Waals surface area contributed by atoms with E-state index in [1.54, 1.807) is 24.3 Å². The minimum Gasteiger partial charge on any atom is -0.464 e. The van der Waals surface area contributed by atoms with E-state index in [4.69, 9.17) is 5.73 Å². The molecule has 3 heterocycles. The third kappa shape index (κ3) is 3.54. The molecule has 0 aliphatic rings. The quantitative estimate of drug-likeness (QED) is 0.512. The first kappa shape index (κ1) is 19.4. The molecule has 0 amide bonds. The first-order valence-electron chi connectivity index (χ1n) is 8.65. The Hall–Kier alpha value is -3.95. The Morgan fingerprint density at radius 3 is 2.60 bits per heavy atom. The predicted molar refractivity (Wildman–Crippen MR) is 103 cm³/mol. The molecule has 152 valence electrons. The summed E-state index contributed by atoms with van der Waals surface area (Å²) in [6, 6.07) is 12.0. The maximum Gasteiger partial charge on any atom is 0.433 e. The summed E-state index contributed by atoms with van der Waals surface area (Å²) in [5.41, 5.74) is 6.63. The number of esters is 1. The van der Waals surface area contributed by atoms with Gasteiger partial charge < -0.3 is 10.5 Å². The standard InChI is InChI=1S/C20H14F3N5O2/c1-30-19(29)14-7-13(9-17(24)26-14)11-5-6-12-10-25-28(15(12)8-11)18-4-2-3-16(27-18)20(21,22)23/h2-10H,1H3,(H2,24,26). The van der Waals surface area contributed by atoms with Gasteiger partial charge in [0.05, 0.1) is 18.8 Å². The van der Waals surface area contributed by atoms with Crippen molar-refractivity contribution in [3.05, 3.63) is 66.1 Å². The fraction of sp³-hybridized carbons (Fsp3) is 0.100. The average molecular weight is 413 g/mol. The van der Waals surface area contributed by atoms with Crippen molar-refractivity contribution in [3.8, 4) is 16.9 Å². The van der Waals surface area contributed by atoms with Crippen molar-refractivity contribution in [2.45, 2.75) is 6.18 Å². The van der Waals surface area contributed by atoms with Gasteiger partial charge in [-0.05, 0) is 41.5 Å². The number of alkyl halides is 3. The number of anilines is 1. The van der Waals surface area contributed by atoms with Gasteiger partial charge in [0.15, 0.2) is 11.5 Å². The molecule has 2 N–H and O–H groups in total. The van der Waals surface area contributed by atoms with Crippen LogP contribution in [0.5, 0.6) is 0 Å². The number of halogens is 3. The van der Waals surface area contributed by atoms with Crippen LogP contribution in [0.3, 0.4) is 0 Å². The molecule has 0 aliphatic heterocycles. The second-order valence-electron chi connectivity index (χ2n) is 6.37. The molecule has 0 atom stereocenters. The van der Waals surface area contributed by atoms with E-state index >= 15 is 0 Å². The number of carbonyl (C=O) groups excluding carboxylic acids is 1. The van der Waals surface area contributed by atoms with E-state index in [9.17, 15) is 18.0 Å². The van der Waals surface area contributed by atoms with Gasteiger partial charge in [-0.25, -0.2) is 19.4 Å². The number of nitrogen functional groups attached to an aromatic ring is 1. The average Bonchev–Trinajstić information content (AvgIpc) is 3.15. The van der Waals surface area contributed by atoms with Crippen LogP contribution in [-0.2, 0) is 10.9 Å². The maximum atomic E-state index is 13.0. The lowest BCUT2D eigenvalue weighted by Gasteiger charge is -2.09. The van der Waals surface area contributed by atoms with Crippen LogP contribution in [0.1, 0.15) is 16.2 Å². The number of fused-ring (bicyclic) bond motifs is 1. The highest BCUT2D eigenvalue weighted by molar-refractivity contribution is 5.91. The number of nitrogens with two attached hydrogens (primary N) is 1. The number of nitrogens with zero attached hydrogens (tertiary/aromatic N) is 4. The monoisotopic (exact) mass is 413 g/mol. The number of hydrogen-bond donors (Lipinski definition) is 1. The van der Waals surface area contributed by atoms with Crippen molar-refractivity contribution in [1.29, 1.82) is 0 Å². The molecule has 0 radical (unpaired) electrons. The number of ether oxygens (including phenoxy) is 1. The number of rotatable bonds is 3. The van der Waals surface area contributed by atoms with Crippen molar-refractivity contribution in [2.24, 2.45) is 0 Å². The van der Waals surface area contributed by atoms with Crippen molar-refractivity contribution in [2.75, 3.05) is 12.8 Å². The van der Waals surface area contributed by atoms with Gasteiger partial charge in [0.1, 0.15) is 11.5 Å². The number of hydrogen-bond acceptors (Lipinski definition) is 6. The molecule has 7 nitrogen and oxygen atoms in total. The van der Waals surface area contributed by atoms with E-state index in [2.05, 4.69) is 19.8 Å². The minimum absolute atomic E-state index is 0.0291. The van der Waals surface area contributed by atoms with Gasteiger partial charge in [0.25, 0.3) is 0 Å². The summed E-state index contributed by atoms with van der Waals surface area (Å²) in [4.78, 5) is 19.5. The summed E-state index contributed by atoms with van der Waals surface area (Å²) < 4.78 is 45.1. The van der Waals surface area contributed by atoms with Crippen molar-refractivity contribution in [1.82, 2.24) is 19.7 Å². The largest absolute Gasteiger partial charge is 0.464 e. The first-order chi connectivity index (χ1) is 14.3. The molecule has 0 fully saturated rings. The van der Waals surface area contributed by atoms with Crippen molar-refractivity contribution in [3.63, 3.8) is 0 Å². The van der Waals surface area contributed by atoms with Gasteiger partial charge in [0, 0.05) is 5.39 Å². The molecule has 0 unspecified atom stereocenters. The van der Waals surface area contributed by atoms with Crippen LogP contribution in [0.4, 0.5) is 19.0 Å². The molecular formula is C20H14F3N5O2. The molecule has 10 heteroatoms. The predicted octanol–water partition coefficient (Wildman–Crippen LogP) is 3.87. The van der Waals surface area contributed by atoms with E-state index in [1.165, 1.54) is 36.2 Å². The first-order valence-corrected chi connectivity index (χ1v) is 8.65. The zero-order valence-electron chi connectivity index (χ0n) is 15.5. The summed E-state index contributed by atoms with van der Waals surface area (Å²) in [5.74, 6) is -0.481. The van der Waals surface area contributed by atoms with Crippen molar-refractivity contribution < 1.29 is 22.7 Å². The number of pyridine rings is 2. The van der Waals surface area contributed by atoms with E-state index in [0.717, 1.165) is 6.07 Å². The van der Waals surface area contributed by atoms with Crippen LogP contribution in [-0.4, -0.2) is 32.8 Å². The lowest BCUT2D eigenvalue weighted by atomic mass is 10.0. The fourth-order valence-electron chi connectivity index (χ4n) is 3.01. The Balaban J connectivity index is 1.84. The van der Waals surface area contributed by atoms with Gasteiger partial charge in [0.2, 0.25) is 0 Å². The second kappa shape index (κ2) is 7.14. The van der Waals surface area contributed by atoms with E-state index < -0.39 is 17.8 Å². The maximum absolute atomic E-state index is 13.0. The van der Waals surface area contributed by atoms with Gasteiger partial charge in [-0.2, -0.15) is 18.3 Å². The molecule has 0 saturated heterocycles. The van der Waals surface area contributed by atoms with Crippen LogP contribution in [0, 0.1) is 0 Å². The summed E-state index contributed by atoms with van der Waals surface area (Å²) in [6.45, 7) is 0. The molecule has 0 bridgehead atoms. The Morgan fingerprint density at radius 2 is 1.87 bits per heavy atom. The highest BCUT2D eigenvalue weighted by Gasteiger charge is 2.32. The molecule has 3 aromatic heterocycles. The molecule has 0 saturated carbocycles. The van der Waals surface area contributed by atoms with E-state index in [1.807, 2.05) is 0 Å². The number of methoxy groups -OCH3 is 1. The third-order valence-corrected chi connectivity index (χ3v) is 4.39. The fourth-order valence-corrected chi connectivity index (χ4v) is 3.01. The Kier molecular flexibility index (Phi) is 4.61. The summed E-state index contributed by atoms with van der Waals surface area (Å²) in [6.07, 6.45) is -3.04. The van der Waals surface area contributed by atoms with Crippen molar-refractivity contribution >= 4 is 22.7 Å². The molecule has 0 aliphatic carbocycles. The molecule has 1 aromatic carbocycles. The van der Waals surface area contributed by atoms with Crippen LogP contribution in [0.2, 0.25) is 0 Å². The highest BCUT2D eigenvalue weighted by Crippen LogP contribution is 2.30. The number of carbonyl (C=O) groups is 1. The zero-order valence-corrected chi connectivity index (χ0v) is 15.5. The van der Waals surface area contributed by atoms with E-state index in [0.29, 0.717) is 22.0 Å². The Morgan fingerprint density at radius 1 is 1.07 bits per heavy atom. The highest BCUT2D eigenvalue weighted by atomic mass is 19.4.